The second-order valence-corrected chi connectivity index (χ2v) is 5.40. The van der Waals surface area contributed by atoms with Crippen molar-refractivity contribution in [3.05, 3.63) is 24.0 Å². The van der Waals surface area contributed by atoms with Crippen LogP contribution in [-0.2, 0) is 6.54 Å². The van der Waals surface area contributed by atoms with Gasteiger partial charge in [0.2, 0.25) is 0 Å². The molecule has 101 valence electrons. The number of fused-ring (bicyclic) bond motifs is 1. The first kappa shape index (κ1) is 13.6. The maximum atomic E-state index is 5.66. The van der Waals surface area contributed by atoms with Gasteiger partial charge in [0.15, 0.2) is 0 Å². The van der Waals surface area contributed by atoms with Crippen LogP contribution in [0.15, 0.2) is 18.2 Å². The van der Waals surface area contributed by atoms with Gasteiger partial charge in [-0.25, -0.2) is 4.98 Å². The molecule has 1 atom stereocenters. The SMILES string of the molecule is [B][B]C1CCCN(Cc2nc3ccc(OC)cc3[nH]2)C1. The maximum Gasteiger partial charge on any atom is 0.121 e. The molecule has 1 unspecified atom stereocenters. The zero-order chi connectivity index (χ0) is 13.9. The van der Waals surface area contributed by atoms with Crippen LogP contribution in [0.2, 0.25) is 5.82 Å². The maximum absolute atomic E-state index is 5.66. The highest BCUT2D eigenvalue weighted by atomic mass is 16.5. The fourth-order valence-electron chi connectivity index (χ4n) is 2.85. The minimum Gasteiger partial charge on any atom is -0.497 e. The van der Waals surface area contributed by atoms with Crippen molar-refractivity contribution in [3.63, 3.8) is 0 Å². The first-order valence-electron chi connectivity index (χ1n) is 7.08. The molecule has 3 rings (SSSR count). The highest BCUT2D eigenvalue weighted by Gasteiger charge is 2.19. The van der Waals surface area contributed by atoms with Gasteiger partial charge in [0.1, 0.15) is 11.6 Å². The number of piperidine rings is 1. The van der Waals surface area contributed by atoms with E-state index in [-0.39, 0.29) is 0 Å². The van der Waals surface area contributed by atoms with Gasteiger partial charge in [-0.15, -0.1) is 0 Å². The Kier molecular flexibility index (Phi) is 4.01. The topological polar surface area (TPSA) is 41.2 Å². The lowest BCUT2D eigenvalue weighted by Gasteiger charge is -2.31. The van der Waals surface area contributed by atoms with E-state index in [9.17, 15) is 0 Å². The number of aromatic nitrogens is 2. The average molecular weight is 266 g/mol. The zero-order valence-corrected chi connectivity index (χ0v) is 11.8. The summed E-state index contributed by atoms with van der Waals surface area (Å²) in [5.74, 6) is 2.36. The summed E-state index contributed by atoms with van der Waals surface area (Å²) in [6.07, 6.45) is 2.40. The van der Waals surface area contributed by atoms with Crippen LogP contribution >= 0.6 is 0 Å². The van der Waals surface area contributed by atoms with Gasteiger partial charge in [-0.3, -0.25) is 4.90 Å². The quantitative estimate of drug-likeness (QED) is 0.857. The standard InChI is InChI=1S/C14H18B2N3O/c1-20-11-4-5-12-13(7-11)18-14(17-12)9-19-6-2-3-10(8-19)16-15/h4-5,7,10H,2-3,6,8-9H2,1H3,(H,17,18). The molecule has 0 spiro atoms. The van der Waals surface area contributed by atoms with Crippen molar-refractivity contribution >= 4 is 25.9 Å². The summed E-state index contributed by atoms with van der Waals surface area (Å²) in [5.41, 5.74) is 2.01. The van der Waals surface area contributed by atoms with E-state index in [1.54, 1.807) is 7.11 Å². The molecule has 1 fully saturated rings. The number of nitrogens with zero attached hydrogens (tertiary/aromatic N) is 2. The van der Waals surface area contributed by atoms with E-state index in [1.165, 1.54) is 12.8 Å². The van der Waals surface area contributed by atoms with E-state index in [0.29, 0.717) is 5.82 Å². The van der Waals surface area contributed by atoms with E-state index in [2.05, 4.69) is 14.9 Å². The molecular weight excluding hydrogens is 248 g/mol. The lowest BCUT2D eigenvalue weighted by atomic mass is 9.46. The number of rotatable bonds is 4. The Morgan fingerprint density at radius 1 is 1.55 bits per heavy atom. The third-order valence-corrected chi connectivity index (χ3v) is 3.93. The smallest absolute Gasteiger partial charge is 0.121 e. The van der Waals surface area contributed by atoms with Gasteiger partial charge >= 0.3 is 0 Å². The molecule has 1 aliphatic rings. The summed E-state index contributed by atoms with van der Waals surface area (Å²) in [6, 6.07) is 5.91. The second-order valence-electron chi connectivity index (χ2n) is 5.40. The second kappa shape index (κ2) is 5.92. The molecule has 0 saturated carbocycles. The highest BCUT2D eigenvalue weighted by Crippen LogP contribution is 2.23. The molecule has 1 aromatic carbocycles. The predicted octanol–water partition coefficient (Wildman–Crippen LogP) is 1.74. The molecule has 0 bridgehead atoms. The molecule has 0 aliphatic carbocycles. The van der Waals surface area contributed by atoms with Crippen molar-refractivity contribution in [2.75, 3.05) is 20.2 Å². The summed E-state index contributed by atoms with van der Waals surface area (Å²) in [4.78, 5) is 10.4. The van der Waals surface area contributed by atoms with E-state index in [0.717, 1.165) is 42.2 Å². The van der Waals surface area contributed by atoms with Crippen molar-refractivity contribution in [1.82, 2.24) is 14.9 Å². The van der Waals surface area contributed by atoms with Crippen LogP contribution < -0.4 is 4.74 Å². The van der Waals surface area contributed by atoms with Gasteiger partial charge in [0.05, 0.1) is 31.9 Å². The summed E-state index contributed by atoms with van der Waals surface area (Å²) in [6.45, 7) is 2.99. The van der Waals surface area contributed by atoms with Crippen molar-refractivity contribution in [1.29, 1.82) is 0 Å². The van der Waals surface area contributed by atoms with Crippen LogP contribution in [0.5, 0.6) is 5.75 Å². The van der Waals surface area contributed by atoms with Crippen molar-refractivity contribution in [2.45, 2.75) is 25.2 Å². The van der Waals surface area contributed by atoms with E-state index < -0.39 is 0 Å². The van der Waals surface area contributed by atoms with Crippen LogP contribution in [0.1, 0.15) is 18.7 Å². The number of ether oxygens (including phenoxy) is 1. The minimum atomic E-state index is 0.508. The fourth-order valence-corrected chi connectivity index (χ4v) is 2.85. The minimum absolute atomic E-state index is 0.508. The Morgan fingerprint density at radius 2 is 2.45 bits per heavy atom. The van der Waals surface area contributed by atoms with Crippen LogP contribution in [0.4, 0.5) is 0 Å². The summed E-state index contributed by atoms with van der Waals surface area (Å²) >= 11 is 0. The van der Waals surface area contributed by atoms with Crippen LogP contribution in [-0.4, -0.2) is 50.0 Å². The Bertz CT molecular complexity index is 587. The molecule has 1 saturated heterocycles. The first-order valence-corrected chi connectivity index (χ1v) is 7.08. The summed E-state index contributed by atoms with van der Waals surface area (Å²) < 4.78 is 5.23. The number of hydrogen-bond donors (Lipinski definition) is 1. The first-order chi connectivity index (χ1) is 9.78. The summed E-state index contributed by atoms with van der Waals surface area (Å²) in [7, 11) is 9.17. The molecule has 2 aromatic rings. The molecule has 1 aliphatic heterocycles. The number of benzene rings is 1. The number of likely N-dealkylation sites (tertiary alicyclic amines) is 1. The average Bonchev–Trinajstić information content (AvgIpc) is 2.88. The lowest BCUT2D eigenvalue weighted by Crippen LogP contribution is -2.34. The number of hydrogen-bond acceptors (Lipinski definition) is 3. The van der Waals surface area contributed by atoms with Crippen molar-refractivity contribution < 1.29 is 4.74 Å². The van der Waals surface area contributed by atoms with Gasteiger partial charge < -0.3 is 9.72 Å². The number of imidazole rings is 1. The van der Waals surface area contributed by atoms with Gasteiger partial charge in [0, 0.05) is 13.8 Å². The Morgan fingerprint density at radius 3 is 3.25 bits per heavy atom. The predicted molar refractivity (Wildman–Crippen MR) is 82.4 cm³/mol. The number of aromatic amines is 1. The monoisotopic (exact) mass is 266 g/mol. The van der Waals surface area contributed by atoms with Gasteiger partial charge in [0.25, 0.3) is 0 Å². The van der Waals surface area contributed by atoms with Gasteiger partial charge in [-0.1, -0.05) is 12.2 Å². The highest BCUT2D eigenvalue weighted by molar-refractivity contribution is 6.90. The molecule has 3 radical (unpaired) electrons. The normalized spacial score (nSPS) is 20.1. The fraction of sp³-hybridized carbons (Fsp3) is 0.500. The van der Waals surface area contributed by atoms with Crippen molar-refractivity contribution in [2.24, 2.45) is 0 Å². The molecule has 2 heterocycles. The summed E-state index contributed by atoms with van der Waals surface area (Å²) in [5, 5.41) is 0. The molecule has 1 N–H and O–H groups in total. The third kappa shape index (κ3) is 2.85. The molecule has 0 amide bonds. The third-order valence-electron chi connectivity index (χ3n) is 3.93. The lowest BCUT2D eigenvalue weighted by molar-refractivity contribution is 0.217. The Labute approximate surface area is 121 Å². The molecule has 1 aromatic heterocycles. The van der Waals surface area contributed by atoms with Gasteiger partial charge in [-0.05, 0) is 31.6 Å². The number of H-pyrrole nitrogens is 1. The van der Waals surface area contributed by atoms with Gasteiger partial charge in [-0.2, -0.15) is 0 Å². The van der Waals surface area contributed by atoms with E-state index in [1.807, 2.05) is 25.4 Å². The van der Waals surface area contributed by atoms with Crippen LogP contribution in [0.3, 0.4) is 0 Å². The van der Waals surface area contributed by atoms with Crippen molar-refractivity contribution in [3.8, 4) is 5.75 Å². The van der Waals surface area contributed by atoms with E-state index in [4.69, 9.17) is 12.5 Å². The largest absolute Gasteiger partial charge is 0.497 e. The van der Waals surface area contributed by atoms with Crippen LogP contribution in [0.25, 0.3) is 11.0 Å². The molecule has 6 heteroatoms. The van der Waals surface area contributed by atoms with E-state index >= 15 is 0 Å². The molecular formula is C14H18B2N3O. The Balaban J connectivity index is 1.74. The number of methoxy groups -OCH3 is 1. The Hall–Kier alpha value is -1.42. The van der Waals surface area contributed by atoms with Crippen LogP contribution in [0, 0.1) is 0 Å². The number of nitrogens with one attached hydrogen (secondary N) is 1. The molecule has 20 heavy (non-hydrogen) atoms. The molecule has 4 nitrogen and oxygen atoms in total. The zero-order valence-electron chi connectivity index (χ0n) is 11.8.